The third-order valence-electron chi connectivity index (χ3n) is 3.94. The van der Waals surface area contributed by atoms with Gasteiger partial charge in [-0.1, -0.05) is 6.92 Å². The van der Waals surface area contributed by atoms with E-state index in [0.29, 0.717) is 16.3 Å². The summed E-state index contributed by atoms with van der Waals surface area (Å²) in [5, 5.41) is 5.40. The number of carbonyl (C=O) groups excluding carboxylic acids is 1. The molecule has 0 radical (unpaired) electrons. The minimum absolute atomic E-state index is 0.354. The minimum Gasteiger partial charge on any atom is -0.465 e. The average Bonchev–Trinajstić information content (AvgIpc) is 3.28. The summed E-state index contributed by atoms with van der Waals surface area (Å²) < 4.78 is 7.60. The molecule has 4 heterocycles. The summed E-state index contributed by atoms with van der Waals surface area (Å²) in [6, 6.07) is 2.04. The Kier molecular flexibility index (Phi) is 4.09. The molecular formula is C16H13BrN4O2S2. The second kappa shape index (κ2) is 6.15. The number of rotatable bonds is 3. The number of halogens is 1. The lowest BCUT2D eigenvalue weighted by Gasteiger charge is -1.96. The normalized spacial score (nSPS) is 11.5. The van der Waals surface area contributed by atoms with Crippen molar-refractivity contribution in [3.05, 3.63) is 32.2 Å². The van der Waals surface area contributed by atoms with Gasteiger partial charge in [-0.2, -0.15) is 0 Å². The van der Waals surface area contributed by atoms with Crippen molar-refractivity contribution in [2.45, 2.75) is 20.3 Å². The van der Waals surface area contributed by atoms with E-state index in [0.717, 1.165) is 31.6 Å². The summed E-state index contributed by atoms with van der Waals surface area (Å²) in [6.07, 6.45) is 2.59. The Morgan fingerprint density at radius 1 is 1.40 bits per heavy atom. The van der Waals surface area contributed by atoms with Crippen LogP contribution >= 0.6 is 38.6 Å². The van der Waals surface area contributed by atoms with Crippen LogP contribution in [0.4, 0.5) is 0 Å². The van der Waals surface area contributed by atoms with Crippen LogP contribution in [0.5, 0.6) is 0 Å². The molecule has 0 saturated carbocycles. The maximum Gasteiger partial charge on any atom is 0.348 e. The van der Waals surface area contributed by atoms with Gasteiger partial charge in [-0.3, -0.25) is 0 Å². The summed E-state index contributed by atoms with van der Waals surface area (Å²) in [5.74, 6) is 0.304. The SMILES string of the molecule is CCc1sc(-c2nc3c4c(C)c(C(=O)OC)sc4ncn3n2)cc1Br. The summed E-state index contributed by atoms with van der Waals surface area (Å²) in [4.78, 5) is 24.7. The molecule has 0 aromatic carbocycles. The van der Waals surface area contributed by atoms with Crippen LogP contribution in [0.3, 0.4) is 0 Å². The Balaban J connectivity index is 1.94. The molecular weight excluding hydrogens is 424 g/mol. The number of hydrogen-bond acceptors (Lipinski definition) is 7. The third-order valence-corrected chi connectivity index (χ3v) is 7.36. The van der Waals surface area contributed by atoms with Crippen LogP contribution in [0.25, 0.3) is 26.6 Å². The molecule has 0 aliphatic carbocycles. The van der Waals surface area contributed by atoms with Gasteiger partial charge in [0.05, 0.1) is 17.4 Å². The van der Waals surface area contributed by atoms with Gasteiger partial charge in [0.25, 0.3) is 0 Å². The van der Waals surface area contributed by atoms with Crippen LogP contribution < -0.4 is 0 Å². The maximum absolute atomic E-state index is 12.0. The predicted molar refractivity (Wildman–Crippen MR) is 103 cm³/mol. The first-order valence-corrected chi connectivity index (χ1v) is 9.97. The molecule has 0 saturated heterocycles. The highest BCUT2D eigenvalue weighted by Crippen LogP contribution is 2.36. The lowest BCUT2D eigenvalue weighted by atomic mass is 10.2. The molecule has 0 unspecified atom stereocenters. The molecule has 9 heteroatoms. The van der Waals surface area contributed by atoms with Crippen molar-refractivity contribution in [1.82, 2.24) is 19.6 Å². The Bertz CT molecular complexity index is 1130. The number of ether oxygens (including phenoxy) is 1. The van der Waals surface area contributed by atoms with Crippen LogP contribution in [0, 0.1) is 6.92 Å². The van der Waals surface area contributed by atoms with Gasteiger partial charge < -0.3 is 4.74 Å². The minimum atomic E-state index is -0.354. The van der Waals surface area contributed by atoms with E-state index in [2.05, 4.69) is 32.9 Å². The molecule has 0 bridgehead atoms. The van der Waals surface area contributed by atoms with Gasteiger partial charge in [-0.25, -0.2) is 19.3 Å². The van der Waals surface area contributed by atoms with E-state index in [4.69, 9.17) is 9.72 Å². The molecule has 4 aromatic rings. The zero-order valence-corrected chi connectivity index (χ0v) is 16.9. The van der Waals surface area contributed by atoms with Crippen LogP contribution in [0.15, 0.2) is 16.9 Å². The van der Waals surface area contributed by atoms with Crippen molar-refractivity contribution in [1.29, 1.82) is 0 Å². The standard InChI is InChI=1S/C16H13BrN4O2S2/c1-4-9-8(17)5-10(24-9)13-19-14-11-7(2)12(16(22)23-3)25-15(11)18-6-21(14)20-13/h5-6H,4H2,1-3H3. The van der Waals surface area contributed by atoms with Gasteiger partial charge in [0.15, 0.2) is 11.5 Å². The van der Waals surface area contributed by atoms with Gasteiger partial charge in [-0.15, -0.1) is 27.8 Å². The zero-order chi connectivity index (χ0) is 17.7. The van der Waals surface area contributed by atoms with Gasteiger partial charge in [-0.05, 0) is 40.9 Å². The summed E-state index contributed by atoms with van der Waals surface area (Å²) in [5.41, 5.74) is 1.52. The second-order valence-corrected chi connectivity index (χ2v) is 8.40. The highest BCUT2D eigenvalue weighted by molar-refractivity contribution is 9.10. The van der Waals surface area contributed by atoms with E-state index in [1.165, 1.54) is 23.3 Å². The van der Waals surface area contributed by atoms with E-state index in [9.17, 15) is 4.79 Å². The van der Waals surface area contributed by atoms with Crippen molar-refractivity contribution < 1.29 is 9.53 Å². The lowest BCUT2D eigenvalue weighted by Crippen LogP contribution is -1.99. The molecule has 0 atom stereocenters. The third kappa shape index (κ3) is 2.57. The number of hydrogen-bond donors (Lipinski definition) is 0. The molecule has 25 heavy (non-hydrogen) atoms. The number of carbonyl (C=O) groups is 1. The van der Waals surface area contributed by atoms with E-state index in [1.54, 1.807) is 22.2 Å². The lowest BCUT2D eigenvalue weighted by molar-refractivity contribution is 0.0605. The Labute approximate surface area is 159 Å². The van der Waals surface area contributed by atoms with E-state index >= 15 is 0 Å². The van der Waals surface area contributed by atoms with Crippen molar-refractivity contribution in [2.24, 2.45) is 0 Å². The van der Waals surface area contributed by atoms with Gasteiger partial charge >= 0.3 is 5.97 Å². The summed E-state index contributed by atoms with van der Waals surface area (Å²) in [6.45, 7) is 4.01. The Hall–Kier alpha value is -1.84. The Morgan fingerprint density at radius 3 is 2.88 bits per heavy atom. The maximum atomic E-state index is 12.0. The molecule has 0 aliphatic heterocycles. The van der Waals surface area contributed by atoms with Gasteiger partial charge in [0.2, 0.25) is 0 Å². The quantitative estimate of drug-likeness (QED) is 0.442. The second-order valence-electron chi connectivity index (χ2n) is 5.41. The molecule has 128 valence electrons. The van der Waals surface area contributed by atoms with Crippen LogP contribution in [-0.2, 0) is 11.2 Å². The molecule has 0 amide bonds. The summed E-state index contributed by atoms with van der Waals surface area (Å²) in [7, 11) is 1.38. The first-order chi connectivity index (χ1) is 12.0. The highest BCUT2D eigenvalue weighted by atomic mass is 79.9. The molecule has 0 fully saturated rings. The predicted octanol–water partition coefficient (Wildman–Crippen LogP) is 4.49. The topological polar surface area (TPSA) is 69.4 Å². The molecule has 0 spiro atoms. The van der Waals surface area contributed by atoms with Crippen molar-refractivity contribution >= 4 is 60.4 Å². The largest absolute Gasteiger partial charge is 0.465 e. The van der Waals surface area contributed by atoms with Crippen LogP contribution in [0.2, 0.25) is 0 Å². The average molecular weight is 437 g/mol. The van der Waals surface area contributed by atoms with Crippen molar-refractivity contribution in [3.8, 4) is 10.7 Å². The first-order valence-electron chi connectivity index (χ1n) is 7.54. The highest BCUT2D eigenvalue weighted by Gasteiger charge is 2.21. The van der Waals surface area contributed by atoms with E-state index < -0.39 is 0 Å². The molecule has 6 nitrogen and oxygen atoms in total. The number of esters is 1. The summed E-state index contributed by atoms with van der Waals surface area (Å²) >= 11 is 6.57. The van der Waals surface area contributed by atoms with Crippen molar-refractivity contribution in [3.63, 3.8) is 0 Å². The monoisotopic (exact) mass is 436 g/mol. The number of aryl methyl sites for hydroxylation is 2. The van der Waals surface area contributed by atoms with Gasteiger partial charge in [0.1, 0.15) is 16.0 Å². The molecule has 0 aliphatic rings. The fourth-order valence-corrected chi connectivity index (χ4v) is 5.57. The fraction of sp³-hybridized carbons (Fsp3) is 0.250. The Morgan fingerprint density at radius 2 is 2.20 bits per heavy atom. The number of aromatic nitrogens is 4. The fourth-order valence-electron chi connectivity index (χ4n) is 2.68. The molecule has 4 rings (SSSR count). The van der Waals surface area contributed by atoms with Gasteiger partial charge in [0, 0.05) is 9.35 Å². The van der Waals surface area contributed by atoms with Crippen molar-refractivity contribution in [2.75, 3.05) is 7.11 Å². The number of methoxy groups -OCH3 is 1. The zero-order valence-electron chi connectivity index (χ0n) is 13.7. The smallest absolute Gasteiger partial charge is 0.348 e. The first kappa shape index (κ1) is 16.6. The van der Waals surface area contributed by atoms with Crippen LogP contribution in [-0.4, -0.2) is 32.7 Å². The number of fused-ring (bicyclic) bond motifs is 3. The number of thiophene rings is 2. The van der Waals surface area contributed by atoms with E-state index in [1.807, 2.05) is 13.0 Å². The van der Waals surface area contributed by atoms with E-state index in [-0.39, 0.29) is 5.97 Å². The number of nitrogens with zero attached hydrogens (tertiary/aromatic N) is 4. The van der Waals surface area contributed by atoms with Crippen LogP contribution in [0.1, 0.15) is 27.0 Å². The molecule has 0 N–H and O–H groups in total. The molecule has 4 aromatic heterocycles.